The van der Waals surface area contributed by atoms with Crippen molar-refractivity contribution in [2.75, 3.05) is 5.32 Å². The number of aromatic nitrogens is 5. The number of rotatable bonds is 2. The molecule has 2 heterocycles. The summed E-state index contributed by atoms with van der Waals surface area (Å²) in [4.78, 5) is 17.3. The molecule has 0 aromatic carbocycles. The maximum atomic E-state index is 11.1. The molecule has 0 saturated heterocycles. The SMILES string of the molecule is CC(C)Nc1nc(=O)[nH]c2n[nH]nc12. The van der Waals surface area contributed by atoms with Crippen LogP contribution in [0.25, 0.3) is 11.2 Å². The van der Waals surface area contributed by atoms with Crippen molar-refractivity contribution in [3.05, 3.63) is 10.5 Å². The maximum Gasteiger partial charge on any atom is 0.348 e. The predicted molar refractivity (Wildman–Crippen MR) is 51.1 cm³/mol. The van der Waals surface area contributed by atoms with Crippen LogP contribution in [0, 0.1) is 0 Å². The summed E-state index contributed by atoms with van der Waals surface area (Å²) in [6, 6.07) is 0.184. The molecule has 3 N–H and O–H groups in total. The molecule has 0 unspecified atom stereocenters. The largest absolute Gasteiger partial charge is 0.366 e. The van der Waals surface area contributed by atoms with E-state index in [0.29, 0.717) is 17.0 Å². The van der Waals surface area contributed by atoms with Gasteiger partial charge in [-0.25, -0.2) is 4.79 Å². The highest BCUT2D eigenvalue weighted by atomic mass is 16.1. The van der Waals surface area contributed by atoms with Crippen LogP contribution in [0.1, 0.15) is 13.8 Å². The van der Waals surface area contributed by atoms with Crippen molar-refractivity contribution in [2.45, 2.75) is 19.9 Å². The van der Waals surface area contributed by atoms with Crippen LogP contribution in [-0.2, 0) is 0 Å². The lowest BCUT2D eigenvalue weighted by atomic mass is 10.4. The number of nitrogens with zero attached hydrogens (tertiary/aromatic N) is 3. The molecule has 0 aliphatic rings. The van der Waals surface area contributed by atoms with E-state index < -0.39 is 5.69 Å². The number of hydrogen-bond donors (Lipinski definition) is 3. The van der Waals surface area contributed by atoms with Gasteiger partial charge in [0.1, 0.15) is 0 Å². The molecule has 0 aliphatic carbocycles. The molecule has 0 bridgehead atoms. The average molecular weight is 194 g/mol. The number of fused-ring (bicyclic) bond motifs is 1. The highest BCUT2D eigenvalue weighted by molar-refractivity contribution is 5.81. The van der Waals surface area contributed by atoms with Crippen molar-refractivity contribution in [3.63, 3.8) is 0 Å². The minimum Gasteiger partial charge on any atom is -0.366 e. The van der Waals surface area contributed by atoms with Gasteiger partial charge in [-0.05, 0) is 13.8 Å². The third-order valence-electron chi connectivity index (χ3n) is 1.64. The summed E-state index contributed by atoms with van der Waals surface area (Å²) in [5.74, 6) is 0.451. The lowest BCUT2D eigenvalue weighted by molar-refractivity contribution is 0.885. The molecule has 74 valence electrons. The fraction of sp³-hybridized carbons (Fsp3) is 0.429. The molecule has 0 aliphatic heterocycles. The molecular formula is C7H10N6O. The number of anilines is 1. The number of nitrogens with one attached hydrogen (secondary N) is 3. The average Bonchev–Trinajstić information content (AvgIpc) is 2.50. The van der Waals surface area contributed by atoms with Gasteiger partial charge in [0.05, 0.1) is 0 Å². The smallest absolute Gasteiger partial charge is 0.348 e. The zero-order chi connectivity index (χ0) is 10.1. The zero-order valence-corrected chi connectivity index (χ0v) is 7.83. The Morgan fingerprint density at radius 3 is 2.86 bits per heavy atom. The van der Waals surface area contributed by atoms with Gasteiger partial charge in [0.15, 0.2) is 17.0 Å². The van der Waals surface area contributed by atoms with Crippen LogP contribution in [-0.4, -0.2) is 31.4 Å². The summed E-state index contributed by atoms with van der Waals surface area (Å²) >= 11 is 0. The monoisotopic (exact) mass is 194 g/mol. The molecule has 0 radical (unpaired) electrons. The molecule has 0 amide bonds. The van der Waals surface area contributed by atoms with Crippen LogP contribution in [0.2, 0.25) is 0 Å². The maximum absolute atomic E-state index is 11.1. The summed E-state index contributed by atoms with van der Waals surface area (Å²) in [7, 11) is 0. The van der Waals surface area contributed by atoms with Gasteiger partial charge in [-0.1, -0.05) is 0 Å². The van der Waals surface area contributed by atoms with Crippen molar-refractivity contribution >= 4 is 17.0 Å². The molecule has 0 saturated carbocycles. The van der Waals surface area contributed by atoms with Gasteiger partial charge in [-0.2, -0.15) is 15.3 Å². The topological polar surface area (TPSA) is 99.4 Å². The summed E-state index contributed by atoms with van der Waals surface area (Å²) in [6.45, 7) is 3.91. The van der Waals surface area contributed by atoms with Crippen LogP contribution >= 0.6 is 0 Å². The van der Waals surface area contributed by atoms with E-state index in [1.54, 1.807) is 0 Å². The van der Waals surface area contributed by atoms with Crippen LogP contribution in [0.15, 0.2) is 4.79 Å². The quantitative estimate of drug-likeness (QED) is 0.618. The van der Waals surface area contributed by atoms with Crippen molar-refractivity contribution in [2.24, 2.45) is 0 Å². The molecule has 7 heteroatoms. The third-order valence-corrected chi connectivity index (χ3v) is 1.64. The normalized spacial score (nSPS) is 11.1. The number of H-pyrrole nitrogens is 2. The van der Waals surface area contributed by atoms with Gasteiger partial charge in [-0.15, -0.1) is 5.10 Å². The third kappa shape index (κ3) is 1.43. The lowest BCUT2D eigenvalue weighted by Crippen LogP contribution is -2.18. The van der Waals surface area contributed by atoms with Crippen molar-refractivity contribution in [3.8, 4) is 0 Å². The minimum atomic E-state index is -0.436. The Hall–Kier alpha value is -1.92. The summed E-state index contributed by atoms with van der Waals surface area (Å²) in [6.07, 6.45) is 0. The van der Waals surface area contributed by atoms with Gasteiger partial charge in [0, 0.05) is 6.04 Å². The predicted octanol–water partition coefficient (Wildman–Crippen LogP) is -0.139. The van der Waals surface area contributed by atoms with E-state index in [-0.39, 0.29) is 6.04 Å². The van der Waals surface area contributed by atoms with Crippen LogP contribution in [0.3, 0.4) is 0 Å². The Morgan fingerprint density at radius 2 is 2.14 bits per heavy atom. The first-order chi connectivity index (χ1) is 6.66. The molecule has 0 atom stereocenters. The van der Waals surface area contributed by atoms with Crippen LogP contribution in [0.5, 0.6) is 0 Å². The van der Waals surface area contributed by atoms with Crippen LogP contribution in [0.4, 0.5) is 5.82 Å². The highest BCUT2D eigenvalue weighted by Gasteiger charge is 2.08. The number of hydrogen-bond acceptors (Lipinski definition) is 5. The molecule has 0 spiro atoms. The first kappa shape index (κ1) is 8.67. The Morgan fingerprint density at radius 1 is 1.36 bits per heavy atom. The summed E-state index contributed by atoms with van der Waals surface area (Å²) in [5, 5.41) is 13.1. The molecule has 7 nitrogen and oxygen atoms in total. The second kappa shape index (κ2) is 3.09. The Bertz CT molecular complexity index is 498. The van der Waals surface area contributed by atoms with E-state index in [0.717, 1.165) is 0 Å². The summed E-state index contributed by atoms with van der Waals surface area (Å²) in [5.41, 5.74) is 0.515. The molecule has 14 heavy (non-hydrogen) atoms. The van der Waals surface area contributed by atoms with Crippen molar-refractivity contribution < 1.29 is 0 Å². The second-order valence-corrected chi connectivity index (χ2v) is 3.21. The fourth-order valence-electron chi connectivity index (χ4n) is 1.14. The van der Waals surface area contributed by atoms with E-state index >= 15 is 0 Å². The Labute approximate surface area is 78.9 Å². The number of aromatic amines is 2. The first-order valence-electron chi connectivity index (χ1n) is 4.24. The van der Waals surface area contributed by atoms with Crippen molar-refractivity contribution in [1.29, 1.82) is 0 Å². The minimum absolute atomic E-state index is 0.184. The zero-order valence-electron chi connectivity index (χ0n) is 7.83. The van der Waals surface area contributed by atoms with E-state index in [4.69, 9.17) is 0 Å². The fourth-order valence-corrected chi connectivity index (χ4v) is 1.14. The van der Waals surface area contributed by atoms with Gasteiger partial charge >= 0.3 is 5.69 Å². The summed E-state index contributed by atoms with van der Waals surface area (Å²) < 4.78 is 0. The molecule has 2 aromatic rings. The molecular weight excluding hydrogens is 184 g/mol. The first-order valence-corrected chi connectivity index (χ1v) is 4.24. The van der Waals surface area contributed by atoms with E-state index in [1.165, 1.54) is 0 Å². The molecule has 0 fully saturated rings. The molecule has 2 aromatic heterocycles. The van der Waals surface area contributed by atoms with Gasteiger partial charge in [0.25, 0.3) is 0 Å². The van der Waals surface area contributed by atoms with Crippen LogP contribution < -0.4 is 11.0 Å². The Balaban J connectivity index is 2.61. The lowest BCUT2D eigenvalue weighted by Gasteiger charge is -2.07. The van der Waals surface area contributed by atoms with Gasteiger partial charge < -0.3 is 5.32 Å². The van der Waals surface area contributed by atoms with Crippen molar-refractivity contribution in [1.82, 2.24) is 25.4 Å². The van der Waals surface area contributed by atoms with E-state index in [2.05, 4.69) is 30.7 Å². The van der Waals surface area contributed by atoms with E-state index in [1.807, 2.05) is 13.8 Å². The van der Waals surface area contributed by atoms with Gasteiger partial charge in [0.2, 0.25) is 0 Å². The van der Waals surface area contributed by atoms with Gasteiger partial charge in [-0.3, -0.25) is 4.98 Å². The second-order valence-electron chi connectivity index (χ2n) is 3.21. The standard InChI is InChI=1S/C7H10N6O/c1-3(2)8-5-4-6(12-13-11-4)10-7(14)9-5/h3H,1-2H3,(H3,8,9,10,11,12,13,14). The Kier molecular flexibility index (Phi) is 1.91. The van der Waals surface area contributed by atoms with E-state index in [9.17, 15) is 4.79 Å². The highest BCUT2D eigenvalue weighted by Crippen LogP contribution is 2.12. The molecule has 2 rings (SSSR count).